The van der Waals surface area contributed by atoms with E-state index in [2.05, 4.69) is 36.0 Å². The van der Waals surface area contributed by atoms with Crippen molar-refractivity contribution in [3.8, 4) is 0 Å². The number of H-pyrrole nitrogens is 1. The number of aromatic amines is 1. The molecule has 126 valence electrons. The third-order valence-electron chi connectivity index (χ3n) is 3.71. The standard InChI is InChI=1S/C14H14BrN5O3S/c15-9-6-10(13(18-22)16-7-9)12(21)14-17-11(8-24-14)19-2-1-3-20(23)5-4-19/h6-8,23H,1-5H2/p+1. The van der Waals surface area contributed by atoms with E-state index in [1.54, 1.807) is 0 Å². The second-order valence-electron chi connectivity index (χ2n) is 5.31. The van der Waals surface area contributed by atoms with Crippen LogP contribution in [0.2, 0.25) is 0 Å². The fourth-order valence-electron chi connectivity index (χ4n) is 2.49. The summed E-state index contributed by atoms with van der Waals surface area (Å²) in [4.78, 5) is 32.6. The summed E-state index contributed by atoms with van der Waals surface area (Å²) in [5.74, 6) is 0.368. The summed E-state index contributed by atoms with van der Waals surface area (Å²) < 4.78 is 0.602. The van der Waals surface area contributed by atoms with Crippen LogP contribution in [0.3, 0.4) is 0 Å². The number of rotatable bonds is 4. The SMILES string of the molecule is O=Nc1ncc(Br)cc1C(=O)c1[nH+]c(N2CCCN(O)CC2)cs1. The van der Waals surface area contributed by atoms with Gasteiger partial charge in [-0.1, -0.05) is 11.3 Å². The van der Waals surface area contributed by atoms with Gasteiger partial charge in [0.25, 0.3) is 5.82 Å². The van der Waals surface area contributed by atoms with Crippen molar-refractivity contribution in [2.24, 2.45) is 5.18 Å². The zero-order chi connectivity index (χ0) is 17.1. The van der Waals surface area contributed by atoms with E-state index in [0.29, 0.717) is 29.1 Å². The highest BCUT2D eigenvalue weighted by molar-refractivity contribution is 9.10. The van der Waals surface area contributed by atoms with Gasteiger partial charge in [0.1, 0.15) is 6.54 Å². The molecule has 3 heterocycles. The Morgan fingerprint density at radius 2 is 2.21 bits per heavy atom. The molecule has 0 amide bonds. The average molecular weight is 413 g/mol. The van der Waals surface area contributed by atoms with E-state index in [-0.39, 0.29) is 17.2 Å². The minimum atomic E-state index is -0.326. The van der Waals surface area contributed by atoms with Crippen LogP contribution in [0.1, 0.15) is 21.8 Å². The van der Waals surface area contributed by atoms with Crippen molar-refractivity contribution < 1.29 is 15.0 Å². The monoisotopic (exact) mass is 412 g/mol. The van der Waals surface area contributed by atoms with Gasteiger partial charge in [-0.05, 0) is 33.6 Å². The van der Waals surface area contributed by atoms with E-state index < -0.39 is 0 Å². The molecule has 0 spiro atoms. The summed E-state index contributed by atoms with van der Waals surface area (Å²) in [6.45, 7) is 2.63. The van der Waals surface area contributed by atoms with Crippen LogP contribution in [0.25, 0.3) is 0 Å². The van der Waals surface area contributed by atoms with E-state index in [9.17, 15) is 14.9 Å². The van der Waals surface area contributed by atoms with E-state index in [0.717, 1.165) is 18.8 Å². The quantitative estimate of drug-likeness (QED) is 0.610. The maximum atomic E-state index is 12.6. The predicted octanol–water partition coefficient (Wildman–Crippen LogP) is 2.25. The number of thiazole rings is 1. The van der Waals surface area contributed by atoms with Crippen LogP contribution >= 0.6 is 27.3 Å². The first-order valence-electron chi connectivity index (χ1n) is 7.31. The van der Waals surface area contributed by atoms with Gasteiger partial charge in [-0.25, -0.2) is 9.97 Å². The van der Waals surface area contributed by atoms with Crippen LogP contribution in [-0.2, 0) is 0 Å². The van der Waals surface area contributed by atoms with E-state index in [1.165, 1.54) is 28.7 Å². The first kappa shape index (κ1) is 17.1. The second kappa shape index (κ2) is 7.43. The normalized spacial score (nSPS) is 16.0. The number of ketones is 1. The molecule has 3 rings (SSSR count). The number of aromatic nitrogens is 2. The Bertz CT molecular complexity index is 769. The van der Waals surface area contributed by atoms with Crippen LogP contribution in [0, 0.1) is 4.91 Å². The number of halogens is 1. The molecule has 0 unspecified atom stereocenters. The Morgan fingerprint density at radius 1 is 1.38 bits per heavy atom. The molecule has 1 fully saturated rings. The molecule has 2 aromatic heterocycles. The van der Waals surface area contributed by atoms with E-state index in [4.69, 9.17) is 0 Å². The second-order valence-corrected chi connectivity index (χ2v) is 7.11. The smallest absolute Gasteiger partial charge is 0.285 e. The molecule has 0 saturated carbocycles. The molecular formula is C14H15BrN5O3S+. The third-order valence-corrected chi connectivity index (χ3v) is 5.01. The Labute approximate surface area is 150 Å². The van der Waals surface area contributed by atoms with Gasteiger partial charge in [0.15, 0.2) is 0 Å². The first-order chi connectivity index (χ1) is 11.6. The summed E-state index contributed by atoms with van der Waals surface area (Å²) >= 11 is 4.52. The minimum absolute atomic E-state index is 0.128. The van der Waals surface area contributed by atoms with Crippen molar-refractivity contribution in [3.05, 3.63) is 37.6 Å². The van der Waals surface area contributed by atoms with Gasteiger partial charge in [0.05, 0.1) is 24.0 Å². The summed E-state index contributed by atoms with van der Waals surface area (Å²) in [6, 6.07) is 1.54. The van der Waals surface area contributed by atoms with Gasteiger partial charge < -0.3 is 5.21 Å². The lowest BCUT2D eigenvalue weighted by Crippen LogP contribution is -2.32. The maximum absolute atomic E-state index is 12.6. The predicted molar refractivity (Wildman–Crippen MR) is 91.9 cm³/mol. The molecule has 0 radical (unpaired) electrons. The molecule has 1 saturated heterocycles. The first-order valence-corrected chi connectivity index (χ1v) is 8.99. The van der Waals surface area contributed by atoms with Crippen molar-refractivity contribution in [1.29, 1.82) is 0 Å². The fourth-order valence-corrected chi connectivity index (χ4v) is 3.64. The molecule has 24 heavy (non-hydrogen) atoms. The van der Waals surface area contributed by atoms with Gasteiger partial charge in [0, 0.05) is 17.2 Å². The maximum Gasteiger partial charge on any atom is 0.285 e. The van der Waals surface area contributed by atoms with Gasteiger partial charge >= 0.3 is 0 Å². The molecule has 2 aromatic rings. The topological polar surface area (TPSA) is 100 Å². The van der Waals surface area contributed by atoms with Gasteiger partial charge in [0.2, 0.25) is 16.6 Å². The lowest BCUT2D eigenvalue weighted by molar-refractivity contribution is -0.360. The zero-order valence-electron chi connectivity index (χ0n) is 12.6. The molecule has 1 aliphatic rings. The number of carbonyl (C=O) groups is 1. The van der Waals surface area contributed by atoms with Gasteiger partial charge in [-0.2, -0.15) is 5.06 Å². The van der Waals surface area contributed by atoms with Crippen molar-refractivity contribution in [3.63, 3.8) is 0 Å². The molecule has 1 aliphatic heterocycles. The van der Waals surface area contributed by atoms with Gasteiger partial charge in [-0.3, -0.25) is 9.69 Å². The van der Waals surface area contributed by atoms with Crippen LogP contribution in [0.4, 0.5) is 11.6 Å². The summed E-state index contributed by atoms with van der Waals surface area (Å²) in [7, 11) is 0. The Morgan fingerprint density at radius 3 is 3.00 bits per heavy atom. The summed E-state index contributed by atoms with van der Waals surface area (Å²) in [6.07, 6.45) is 2.26. The van der Waals surface area contributed by atoms with Crippen molar-refractivity contribution in [2.45, 2.75) is 6.42 Å². The Kier molecular flexibility index (Phi) is 5.29. The largest absolute Gasteiger partial charge is 0.314 e. The van der Waals surface area contributed by atoms with Crippen LogP contribution in [0.15, 0.2) is 27.3 Å². The molecule has 0 aromatic carbocycles. The zero-order valence-corrected chi connectivity index (χ0v) is 15.0. The number of hydroxylamine groups is 2. The average Bonchev–Trinajstić information content (AvgIpc) is 2.97. The highest BCUT2D eigenvalue weighted by atomic mass is 79.9. The molecule has 2 N–H and O–H groups in total. The van der Waals surface area contributed by atoms with E-state index in [1.807, 2.05) is 5.38 Å². The highest BCUT2D eigenvalue weighted by Crippen LogP contribution is 2.25. The number of hydrogen-bond acceptors (Lipinski definition) is 8. The number of anilines is 1. The number of nitroso groups, excluding NO2 is 1. The lowest BCUT2D eigenvalue weighted by Gasteiger charge is -2.11. The number of nitrogens with one attached hydrogen (secondary N) is 1. The van der Waals surface area contributed by atoms with Crippen molar-refractivity contribution in [2.75, 3.05) is 31.1 Å². The molecular weight excluding hydrogens is 398 g/mol. The highest BCUT2D eigenvalue weighted by Gasteiger charge is 2.26. The fraction of sp³-hybridized carbons (Fsp3) is 0.357. The number of nitrogens with zero attached hydrogens (tertiary/aromatic N) is 4. The van der Waals surface area contributed by atoms with Crippen molar-refractivity contribution >= 4 is 44.7 Å². The molecule has 0 atom stereocenters. The Hall–Kier alpha value is -1.75. The molecule has 10 heteroatoms. The minimum Gasteiger partial charge on any atom is -0.314 e. The van der Waals surface area contributed by atoms with E-state index >= 15 is 0 Å². The summed E-state index contributed by atoms with van der Waals surface area (Å²) in [5.41, 5.74) is 0.154. The molecule has 8 nitrogen and oxygen atoms in total. The Balaban J connectivity index is 1.84. The molecule has 0 aliphatic carbocycles. The number of hydrogen-bond donors (Lipinski definition) is 1. The van der Waals surface area contributed by atoms with Crippen molar-refractivity contribution in [1.82, 2.24) is 10.0 Å². The third kappa shape index (κ3) is 3.66. The van der Waals surface area contributed by atoms with Crippen LogP contribution in [-0.4, -0.2) is 47.2 Å². The number of carbonyl (C=O) groups excluding carboxylic acids is 1. The van der Waals surface area contributed by atoms with Gasteiger partial charge in [-0.15, -0.1) is 4.91 Å². The number of pyridine rings is 1. The van der Waals surface area contributed by atoms with Crippen LogP contribution < -0.4 is 9.88 Å². The summed E-state index contributed by atoms with van der Waals surface area (Å²) in [5, 5.41) is 16.0. The van der Waals surface area contributed by atoms with Crippen LogP contribution in [0.5, 0.6) is 0 Å². The lowest BCUT2D eigenvalue weighted by atomic mass is 10.2. The molecule has 0 bridgehead atoms.